The van der Waals surface area contributed by atoms with E-state index in [0.717, 1.165) is 7.11 Å². The molecule has 34 heavy (non-hydrogen) atoms. The fourth-order valence-corrected chi connectivity index (χ4v) is 4.14. The van der Waals surface area contributed by atoms with Crippen LogP contribution in [0.3, 0.4) is 0 Å². The zero-order chi connectivity index (χ0) is 25.8. The molecule has 1 fully saturated rings. The van der Waals surface area contributed by atoms with Gasteiger partial charge >= 0.3 is 12.1 Å². The predicted octanol–water partition coefficient (Wildman–Crippen LogP) is 2.02. The number of aromatic nitrogens is 1. The summed E-state index contributed by atoms with van der Waals surface area (Å²) in [5.41, 5.74) is -1.04. The Balaban J connectivity index is 2.00. The van der Waals surface area contributed by atoms with Crippen molar-refractivity contribution >= 4 is 40.3 Å². The van der Waals surface area contributed by atoms with Crippen LogP contribution in [-0.4, -0.2) is 71.6 Å². The summed E-state index contributed by atoms with van der Waals surface area (Å²) in [5, 5.41) is 6.72. The number of rotatable bonds is 6. The molecule has 2 atom stereocenters. The van der Waals surface area contributed by atoms with Gasteiger partial charge in [-0.15, -0.1) is 11.3 Å². The van der Waals surface area contributed by atoms with Gasteiger partial charge in [-0.25, -0.2) is 14.6 Å². The summed E-state index contributed by atoms with van der Waals surface area (Å²) >= 11 is 1.27. The molecule has 186 valence electrons. The molecule has 1 aliphatic rings. The number of ether oxygens (including phenoxy) is 2. The molecule has 1 aromatic heterocycles. The molecular formula is C22H31N5O6S. The maximum absolute atomic E-state index is 12.6. The van der Waals surface area contributed by atoms with E-state index < -0.39 is 23.4 Å². The summed E-state index contributed by atoms with van der Waals surface area (Å²) in [4.78, 5) is 56.6. The Morgan fingerprint density at radius 3 is 2.21 bits per heavy atom. The lowest BCUT2D eigenvalue weighted by Crippen LogP contribution is -2.59. The van der Waals surface area contributed by atoms with E-state index in [4.69, 9.17) is 4.74 Å². The van der Waals surface area contributed by atoms with Crippen LogP contribution in [0.25, 0.3) is 0 Å². The Labute approximate surface area is 202 Å². The molecule has 12 heteroatoms. The minimum absolute atomic E-state index is 0.107. The molecule has 11 nitrogen and oxygen atoms in total. The Hall–Kier alpha value is -3.41. The van der Waals surface area contributed by atoms with Crippen LogP contribution in [0.15, 0.2) is 29.9 Å². The highest BCUT2D eigenvalue weighted by Crippen LogP contribution is 2.27. The van der Waals surface area contributed by atoms with Gasteiger partial charge in [0.2, 0.25) is 0 Å². The number of amides is 3. The quantitative estimate of drug-likeness (QED) is 0.455. The molecule has 0 bridgehead atoms. The van der Waals surface area contributed by atoms with Gasteiger partial charge in [-0.05, 0) is 34.6 Å². The lowest BCUT2D eigenvalue weighted by atomic mass is 10.1. The summed E-state index contributed by atoms with van der Waals surface area (Å²) < 4.78 is 9.97. The number of hydrogen-bond donors (Lipinski definition) is 2. The third kappa shape index (κ3) is 6.80. The van der Waals surface area contributed by atoms with Gasteiger partial charge in [0.05, 0.1) is 24.9 Å². The van der Waals surface area contributed by atoms with Crippen LogP contribution in [0, 0.1) is 0 Å². The van der Waals surface area contributed by atoms with E-state index in [2.05, 4.69) is 33.5 Å². The number of carbonyl (C=O) groups is 4. The number of carbonyl (C=O) groups excluding carboxylic acids is 4. The highest BCUT2D eigenvalue weighted by Gasteiger charge is 2.36. The van der Waals surface area contributed by atoms with Crippen molar-refractivity contribution in [2.75, 3.05) is 25.1 Å². The zero-order valence-corrected chi connectivity index (χ0v) is 21.1. The molecule has 0 saturated carbocycles. The van der Waals surface area contributed by atoms with Crippen molar-refractivity contribution in [3.8, 4) is 0 Å². The molecule has 2 N–H and O–H groups in total. The Bertz CT molecular complexity index is 986. The highest BCUT2D eigenvalue weighted by molar-refractivity contribution is 7.13. The molecule has 1 aromatic rings. The normalized spacial score (nSPS) is 18.1. The SMILES string of the molecule is C=C(NC(=O)c1csc(N2C[C@@H](C)N(C(=O)OC(C)(C)C)[C@@H](C)C2)n1)C(=O)NC(=C)C(=O)OC. The first-order chi connectivity index (χ1) is 15.7. The molecule has 1 saturated heterocycles. The van der Waals surface area contributed by atoms with Crippen LogP contribution in [0.1, 0.15) is 45.1 Å². The monoisotopic (exact) mass is 493 g/mol. The maximum Gasteiger partial charge on any atom is 0.410 e. The smallest absolute Gasteiger partial charge is 0.410 e. The van der Waals surface area contributed by atoms with Gasteiger partial charge in [0.1, 0.15) is 17.0 Å². The molecule has 3 amide bonds. The van der Waals surface area contributed by atoms with Crippen molar-refractivity contribution in [1.29, 1.82) is 0 Å². The molecule has 2 rings (SSSR count). The molecule has 1 aliphatic heterocycles. The van der Waals surface area contributed by atoms with Crippen molar-refractivity contribution in [2.24, 2.45) is 0 Å². The van der Waals surface area contributed by atoms with Gasteiger partial charge < -0.3 is 25.0 Å². The van der Waals surface area contributed by atoms with E-state index in [1.54, 1.807) is 10.3 Å². The second-order valence-corrected chi connectivity index (χ2v) is 9.70. The van der Waals surface area contributed by atoms with Gasteiger partial charge in [-0.2, -0.15) is 0 Å². The lowest BCUT2D eigenvalue weighted by molar-refractivity contribution is -0.137. The number of thiazole rings is 1. The summed E-state index contributed by atoms with van der Waals surface area (Å²) in [7, 11) is 1.15. The first-order valence-electron chi connectivity index (χ1n) is 10.5. The van der Waals surface area contributed by atoms with Crippen molar-refractivity contribution in [3.63, 3.8) is 0 Å². The minimum Gasteiger partial charge on any atom is -0.464 e. The van der Waals surface area contributed by atoms with Crippen LogP contribution in [0.5, 0.6) is 0 Å². The second-order valence-electron chi connectivity index (χ2n) is 8.86. The van der Waals surface area contributed by atoms with Crippen LogP contribution in [-0.2, 0) is 19.1 Å². The van der Waals surface area contributed by atoms with Crippen molar-refractivity contribution in [1.82, 2.24) is 20.5 Å². The Morgan fingerprint density at radius 1 is 1.09 bits per heavy atom. The summed E-state index contributed by atoms with van der Waals surface area (Å²) in [6, 6.07) is -0.266. The number of methoxy groups -OCH3 is 1. The van der Waals surface area contributed by atoms with E-state index >= 15 is 0 Å². The molecule has 0 spiro atoms. The second kappa shape index (κ2) is 10.7. The number of anilines is 1. The van der Waals surface area contributed by atoms with Crippen LogP contribution in [0.4, 0.5) is 9.93 Å². The first kappa shape index (κ1) is 26.8. The van der Waals surface area contributed by atoms with E-state index in [-0.39, 0.29) is 35.3 Å². The van der Waals surface area contributed by atoms with E-state index in [0.29, 0.717) is 18.2 Å². The summed E-state index contributed by atoms with van der Waals surface area (Å²) in [5.74, 6) is -2.24. The zero-order valence-electron chi connectivity index (χ0n) is 20.3. The fraction of sp³-hybridized carbons (Fsp3) is 0.500. The number of piperazine rings is 1. The minimum atomic E-state index is -0.813. The molecule has 0 radical (unpaired) electrons. The van der Waals surface area contributed by atoms with E-state index in [1.165, 1.54) is 11.3 Å². The standard InChI is InChI=1S/C22H31N5O6S/c1-12-9-26(10-13(2)27(12)21(31)33-22(5,6)7)20-25-16(11-34-20)18(29)23-14(3)17(28)24-15(4)19(30)32-8/h11-13H,3-4,9-10H2,1-2,5-8H3,(H,23,29)(H,24,28)/t12-,13+. The number of nitrogens with one attached hydrogen (secondary N) is 2. The van der Waals surface area contributed by atoms with E-state index in [9.17, 15) is 19.2 Å². The van der Waals surface area contributed by atoms with Crippen LogP contribution in [0.2, 0.25) is 0 Å². The summed E-state index contributed by atoms with van der Waals surface area (Å²) in [6.45, 7) is 17.2. The van der Waals surface area contributed by atoms with Crippen molar-refractivity contribution in [3.05, 3.63) is 35.6 Å². The third-order valence-corrected chi connectivity index (χ3v) is 5.65. The van der Waals surface area contributed by atoms with Crippen LogP contribution < -0.4 is 15.5 Å². The number of esters is 1. The van der Waals surface area contributed by atoms with Crippen molar-refractivity contribution < 1.29 is 28.7 Å². The number of nitrogens with zero attached hydrogens (tertiary/aromatic N) is 3. The van der Waals surface area contributed by atoms with Gasteiger partial charge in [0.25, 0.3) is 11.8 Å². The Morgan fingerprint density at radius 2 is 1.68 bits per heavy atom. The average molecular weight is 494 g/mol. The maximum atomic E-state index is 12.6. The van der Waals surface area contributed by atoms with Gasteiger partial charge in [-0.3, -0.25) is 14.5 Å². The topological polar surface area (TPSA) is 130 Å². The van der Waals surface area contributed by atoms with Crippen LogP contribution >= 0.6 is 11.3 Å². The predicted molar refractivity (Wildman–Crippen MR) is 127 cm³/mol. The van der Waals surface area contributed by atoms with Crippen molar-refractivity contribution in [2.45, 2.75) is 52.3 Å². The number of hydrogen-bond acceptors (Lipinski definition) is 9. The van der Waals surface area contributed by atoms with Gasteiger partial charge in [0, 0.05) is 18.5 Å². The molecule has 0 unspecified atom stereocenters. The highest BCUT2D eigenvalue weighted by atomic mass is 32.1. The summed E-state index contributed by atoms with van der Waals surface area (Å²) in [6.07, 6.45) is -0.363. The lowest BCUT2D eigenvalue weighted by Gasteiger charge is -2.44. The molecular weight excluding hydrogens is 462 g/mol. The largest absolute Gasteiger partial charge is 0.464 e. The van der Waals surface area contributed by atoms with Gasteiger partial charge in [0.15, 0.2) is 5.13 Å². The van der Waals surface area contributed by atoms with Gasteiger partial charge in [-0.1, -0.05) is 13.2 Å². The molecule has 0 aromatic carbocycles. The van der Waals surface area contributed by atoms with E-state index in [1.807, 2.05) is 39.5 Å². The Kier molecular flexibility index (Phi) is 8.43. The molecule has 0 aliphatic carbocycles. The first-order valence-corrected chi connectivity index (χ1v) is 11.4. The molecule has 2 heterocycles. The average Bonchev–Trinajstić information content (AvgIpc) is 3.21. The third-order valence-electron chi connectivity index (χ3n) is 4.75. The fourth-order valence-electron chi connectivity index (χ4n) is 3.31.